The highest BCUT2D eigenvalue weighted by atomic mass is 32.2. The molecular formula is C17H24N2O5S. The van der Waals surface area contributed by atoms with Crippen molar-refractivity contribution in [3.63, 3.8) is 0 Å². The Morgan fingerprint density at radius 1 is 1.24 bits per heavy atom. The normalized spacial score (nSPS) is 12.3. The molecule has 0 saturated carbocycles. The van der Waals surface area contributed by atoms with Gasteiger partial charge in [0.1, 0.15) is 11.6 Å². The van der Waals surface area contributed by atoms with Gasteiger partial charge in [0.25, 0.3) is 5.91 Å². The summed E-state index contributed by atoms with van der Waals surface area (Å²) in [6.07, 6.45) is 0.956. The summed E-state index contributed by atoms with van der Waals surface area (Å²) < 4.78 is 5.25. The summed E-state index contributed by atoms with van der Waals surface area (Å²) in [4.78, 5) is 37.7. The van der Waals surface area contributed by atoms with E-state index in [1.807, 2.05) is 6.26 Å². The first-order valence-electron chi connectivity index (χ1n) is 7.70. The first-order chi connectivity index (χ1) is 11.6. The van der Waals surface area contributed by atoms with Crippen molar-refractivity contribution in [2.45, 2.75) is 38.8 Å². The molecule has 0 aliphatic rings. The van der Waals surface area contributed by atoms with E-state index in [0.717, 1.165) is 0 Å². The topological polar surface area (TPSA) is 110 Å². The number of imide groups is 1. The standard InChI is InChI=1S/C17H24N2O5S/c1-17(2,3)24-16(23)19(13(15(21)22)9-10-25-4)14(20)11-5-7-12(18)8-6-11/h5-8,13H,9-10,18H2,1-4H3,(H,21,22)/t13-/m0/s1. The number of carbonyl (C=O) groups excluding carboxylic acids is 2. The van der Waals surface area contributed by atoms with Gasteiger partial charge in [-0.1, -0.05) is 0 Å². The molecule has 0 saturated heterocycles. The predicted molar refractivity (Wildman–Crippen MR) is 97.7 cm³/mol. The summed E-state index contributed by atoms with van der Waals surface area (Å²) in [6, 6.07) is 4.61. The first-order valence-corrected chi connectivity index (χ1v) is 9.10. The molecule has 1 atom stereocenters. The Bertz CT molecular complexity index is 625. The van der Waals surface area contributed by atoms with Crippen molar-refractivity contribution < 1.29 is 24.2 Å². The zero-order valence-corrected chi connectivity index (χ0v) is 15.6. The van der Waals surface area contributed by atoms with E-state index < -0.39 is 29.6 Å². The van der Waals surface area contributed by atoms with Crippen molar-refractivity contribution >= 4 is 35.4 Å². The van der Waals surface area contributed by atoms with Crippen molar-refractivity contribution in [2.75, 3.05) is 17.7 Å². The quantitative estimate of drug-likeness (QED) is 0.743. The van der Waals surface area contributed by atoms with Gasteiger partial charge >= 0.3 is 12.1 Å². The van der Waals surface area contributed by atoms with E-state index in [9.17, 15) is 19.5 Å². The molecule has 0 bridgehead atoms. The van der Waals surface area contributed by atoms with E-state index in [1.165, 1.54) is 36.0 Å². The predicted octanol–water partition coefficient (Wildman–Crippen LogP) is 2.85. The minimum atomic E-state index is -1.31. The van der Waals surface area contributed by atoms with Crippen LogP contribution in [0.4, 0.5) is 10.5 Å². The van der Waals surface area contributed by atoms with Gasteiger partial charge in [-0.3, -0.25) is 4.79 Å². The lowest BCUT2D eigenvalue weighted by molar-refractivity contribution is -0.142. The summed E-state index contributed by atoms with van der Waals surface area (Å²) in [5.41, 5.74) is 5.36. The Morgan fingerprint density at radius 3 is 2.24 bits per heavy atom. The van der Waals surface area contributed by atoms with E-state index in [1.54, 1.807) is 20.8 Å². The number of carboxylic acids is 1. The lowest BCUT2D eigenvalue weighted by atomic mass is 10.1. The van der Waals surface area contributed by atoms with E-state index in [4.69, 9.17) is 10.5 Å². The van der Waals surface area contributed by atoms with E-state index in [2.05, 4.69) is 0 Å². The fraction of sp³-hybridized carbons (Fsp3) is 0.471. The van der Waals surface area contributed by atoms with E-state index >= 15 is 0 Å². The maximum Gasteiger partial charge on any atom is 0.418 e. The van der Waals surface area contributed by atoms with Crippen LogP contribution in [-0.4, -0.2) is 51.6 Å². The van der Waals surface area contributed by atoms with Crippen LogP contribution in [0.2, 0.25) is 0 Å². The molecular weight excluding hydrogens is 344 g/mol. The Hall–Kier alpha value is -2.22. The van der Waals surface area contributed by atoms with E-state index in [0.29, 0.717) is 16.3 Å². The minimum absolute atomic E-state index is 0.121. The zero-order valence-electron chi connectivity index (χ0n) is 14.8. The number of nitrogens with two attached hydrogens (primary N) is 1. The Balaban J connectivity index is 3.24. The van der Waals surface area contributed by atoms with Crippen molar-refractivity contribution in [1.82, 2.24) is 4.90 Å². The summed E-state index contributed by atoms with van der Waals surface area (Å²) in [7, 11) is 0. The number of hydrogen-bond acceptors (Lipinski definition) is 6. The Morgan fingerprint density at radius 2 is 1.80 bits per heavy atom. The van der Waals surface area contributed by atoms with Gasteiger partial charge < -0.3 is 15.6 Å². The highest BCUT2D eigenvalue weighted by molar-refractivity contribution is 7.98. The number of rotatable bonds is 6. The van der Waals surface area contributed by atoms with Crippen LogP contribution in [0.1, 0.15) is 37.6 Å². The second kappa shape index (κ2) is 8.75. The number of carboxylic acid groups (broad SMARTS) is 1. The maximum atomic E-state index is 12.8. The highest BCUT2D eigenvalue weighted by Crippen LogP contribution is 2.19. The van der Waals surface area contributed by atoms with Crippen LogP contribution in [0.25, 0.3) is 0 Å². The number of anilines is 1. The van der Waals surface area contributed by atoms with Crippen LogP contribution in [-0.2, 0) is 9.53 Å². The van der Waals surface area contributed by atoms with Crippen LogP contribution in [0.3, 0.4) is 0 Å². The molecule has 0 aromatic heterocycles. The summed E-state index contributed by atoms with van der Waals surface area (Å²) in [6.45, 7) is 4.94. The second-order valence-corrected chi connectivity index (χ2v) is 7.40. The number of aliphatic carboxylic acids is 1. The molecule has 0 radical (unpaired) electrons. The smallest absolute Gasteiger partial charge is 0.418 e. The molecule has 1 rings (SSSR count). The molecule has 0 spiro atoms. The molecule has 7 nitrogen and oxygen atoms in total. The number of benzene rings is 1. The van der Waals surface area contributed by atoms with Gasteiger partial charge in [0, 0.05) is 11.3 Å². The third-order valence-electron chi connectivity index (χ3n) is 3.16. The average molecular weight is 368 g/mol. The van der Waals surface area contributed by atoms with Crippen LogP contribution >= 0.6 is 11.8 Å². The van der Waals surface area contributed by atoms with Crippen molar-refractivity contribution in [3.05, 3.63) is 29.8 Å². The van der Waals surface area contributed by atoms with Gasteiger partial charge in [-0.15, -0.1) is 0 Å². The molecule has 25 heavy (non-hydrogen) atoms. The number of nitrogen functional groups attached to an aromatic ring is 1. The number of hydrogen-bond donors (Lipinski definition) is 2. The third kappa shape index (κ3) is 6.30. The van der Waals surface area contributed by atoms with Gasteiger partial charge in [0.15, 0.2) is 0 Å². The van der Waals surface area contributed by atoms with Gasteiger partial charge in [0.05, 0.1) is 0 Å². The van der Waals surface area contributed by atoms with Crippen LogP contribution in [0, 0.1) is 0 Å². The first kappa shape index (κ1) is 20.8. The summed E-state index contributed by atoms with van der Waals surface area (Å²) in [5.74, 6) is -1.52. The summed E-state index contributed by atoms with van der Waals surface area (Å²) >= 11 is 1.43. The molecule has 138 valence electrons. The minimum Gasteiger partial charge on any atom is -0.480 e. The SMILES string of the molecule is CSCC[C@@H](C(=O)O)N(C(=O)OC(C)(C)C)C(=O)c1ccc(N)cc1. The molecule has 0 fully saturated rings. The van der Waals surface area contributed by atoms with Crippen LogP contribution < -0.4 is 5.73 Å². The molecule has 3 N–H and O–H groups in total. The molecule has 0 aliphatic heterocycles. The van der Waals surface area contributed by atoms with Gasteiger partial charge in [-0.05, 0) is 63.5 Å². The van der Waals surface area contributed by atoms with Crippen molar-refractivity contribution in [3.8, 4) is 0 Å². The molecule has 1 aromatic carbocycles. The summed E-state index contributed by atoms with van der Waals surface area (Å²) in [5, 5.41) is 9.53. The Kier molecular flexibility index (Phi) is 7.29. The number of ether oxygens (including phenoxy) is 1. The highest BCUT2D eigenvalue weighted by Gasteiger charge is 2.37. The number of nitrogens with zero attached hydrogens (tertiary/aromatic N) is 1. The fourth-order valence-corrected chi connectivity index (χ4v) is 2.48. The molecule has 1 aromatic rings. The van der Waals surface area contributed by atoms with Crippen LogP contribution in [0.5, 0.6) is 0 Å². The average Bonchev–Trinajstić information content (AvgIpc) is 2.49. The van der Waals surface area contributed by atoms with Crippen molar-refractivity contribution in [2.24, 2.45) is 0 Å². The second-order valence-electron chi connectivity index (χ2n) is 6.41. The molecule has 0 heterocycles. The lowest BCUT2D eigenvalue weighted by Crippen LogP contribution is -2.50. The molecule has 0 unspecified atom stereocenters. The van der Waals surface area contributed by atoms with Crippen molar-refractivity contribution in [1.29, 1.82) is 0 Å². The number of amides is 2. The fourth-order valence-electron chi connectivity index (χ4n) is 2.02. The lowest BCUT2D eigenvalue weighted by Gasteiger charge is -2.30. The van der Waals surface area contributed by atoms with Crippen LogP contribution in [0.15, 0.2) is 24.3 Å². The van der Waals surface area contributed by atoms with E-state index in [-0.39, 0.29) is 12.0 Å². The zero-order chi connectivity index (χ0) is 19.2. The van der Waals surface area contributed by atoms with Gasteiger partial charge in [-0.2, -0.15) is 11.8 Å². The number of thioether (sulfide) groups is 1. The largest absolute Gasteiger partial charge is 0.480 e. The van der Waals surface area contributed by atoms with Gasteiger partial charge in [-0.25, -0.2) is 14.5 Å². The Labute approximate surface area is 151 Å². The third-order valence-corrected chi connectivity index (χ3v) is 3.80. The molecule has 8 heteroatoms. The van der Waals surface area contributed by atoms with Gasteiger partial charge in [0.2, 0.25) is 0 Å². The monoisotopic (exact) mass is 368 g/mol. The molecule has 0 aliphatic carbocycles. The maximum absolute atomic E-state index is 12.8. The molecule has 2 amide bonds. The number of carbonyl (C=O) groups is 3.